The van der Waals surface area contributed by atoms with E-state index in [2.05, 4.69) is 191 Å². The summed E-state index contributed by atoms with van der Waals surface area (Å²) >= 11 is 1.89. The van der Waals surface area contributed by atoms with Crippen molar-refractivity contribution in [2.24, 2.45) is 0 Å². The second-order valence-electron chi connectivity index (χ2n) is 12.6. The van der Waals surface area contributed by atoms with E-state index in [1.165, 1.54) is 63.9 Å². The molecular formula is C46H30N2S. The second-order valence-corrected chi connectivity index (χ2v) is 13.6. The van der Waals surface area contributed by atoms with Crippen LogP contribution in [0.2, 0.25) is 0 Å². The third kappa shape index (κ3) is 4.47. The number of hydrogen-bond donors (Lipinski definition) is 0. The summed E-state index contributed by atoms with van der Waals surface area (Å²) in [6.45, 7) is 0. The van der Waals surface area contributed by atoms with Gasteiger partial charge in [0.05, 0.1) is 16.7 Å². The van der Waals surface area contributed by atoms with Crippen molar-refractivity contribution < 1.29 is 0 Å². The fourth-order valence-electron chi connectivity index (χ4n) is 7.52. The number of rotatable bonds is 5. The summed E-state index contributed by atoms with van der Waals surface area (Å²) in [6.07, 6.45) is 0. The Kier molecular flexibility index (Phi) is 6.39. The number of nitrogens with zero attached hydrogens (tertiary/aromatic N) is 2. The zero-order chi connectivity index (χ0) is 32.3. The fourth-order valence-corrected chi connectivity index (χ4v) is 8.74. The first-order valence-corrected chi connectivity index (χ1v) is 17.5. The summed E-state index contributed by atoms with van der Waals surface area (Å²) in [6, 6.07) is 66.1. The van der Waals surface area contributed by atoms with Crippen molar-refractivity contribution in [3.63, 3.8) is 0 Å². The topological polar surface area (TPSA) is 8.17 Å². The Morgan fingerprint density at radius 2 is 1.08 bits per heavy atom. The molecule has 0 unspecified atom stereocenters. The van der Waals surface area contributed by atoms with Gasteiger partial charge in [0.1, 0.15) is 0 Å². The minimum Gasteiger partial charge on any atom is -0.308 e. The van der Waals surface area contributed by atoms with Crippen LogP contribution in [0.15, 0.2) is 182 Å². The van der Waals surface area contributed by atoms with Crippen LogP contribution >= 0.6 is 11.3 Å². The van der Waals surface area contributed by atoms with Crippen molar-refractivity contribution >= 4 is 81.1 Å². The summed E-state index contributed by atoms with van der Waals surface area (Å²) in [5, 5.41) is 7.74. The van der Waals surface area contributed by atoms with Crippen LogP contribution in [-0.4, -0.2) is 4.57 Å². The monoisotopic (exact) mass is 642 g/mol. The molecule has 0 aliphatic rings. The lowest BCUT2D eigenvalue weighted by atomic mass is 9.99. The number of hydrogen-bond acceptors (Lipinski definition) is 2. The Hall–Kier alpha value is -6.16. The first-order valence-electron chi connectivity index (χ1n) is 16.7. The Balaban J connectivity index is 1.15. The molecule has 0 spiro atoms. The molecular weight excluding hydrogens is 613 g/mol. The van der Waals surface area contributed by atoms with E-state index in [1.54, 1.807) is 0 Å². The lowest BCUT2D eigenvalue weighted by Gasteiger charge is -2.27. The van der Waals surface area contributed by atoms with E-state index in [0.717, 1.165) is 22.7 Å². The Morgan fingerprint density at radius 3 is 1.92 bits per heavy atom. The third-order valence-electron chi connectivity index (χ3n) is 9.76. The zero-order valence-electron chi connectivity index (χ0n) is 26.6. The van der Waals surface area contributed by atoms with Crippen molar-refractivity contribution in [1.29, 1.82) is 0 Å². The summed E-state index contributed by atoms with van der Waals surface area (Å²) in [4.78, 5) is 2.39. The normalized spacial score (nSPS) is 11.7. The van der Waals surface area contributed by atoms with Gasteiger partial charge in [-0.05, 0) is 77.2 Å². The number of benzene rings is 8. The molecule has 0 aliphatic heterocycles. The highest BCUT2D eigenvalue weighted by molar-refractivity contribution is 7.26. The van der Waals surface area contributed by atoms with Crippen molar-refractivity contribution in [2.45, 2.75) is 0 Å². The minimum atomic E-state index is 1.11. The van der Waals surface area contributed by atoms with Crippen LogP contribution in [0.5, 0.6) is 0 Å². The Labute approximate surface area is 288 Å². The maximum atomic E-state index is 2.41. The van der Waals surface area contributed by atoms with E-state index >= 15 is 0 Å². The highest BCUT2D eigenvalue weighted by Gasteiger charge is 2.21. The molecule has 49 heavy (non-hydrogen) atoms. The Morgan fingerprint density at radius 1 is 0.429 bits per heavy atom. The largest absolute Gasteiger partial charge is 0.308 e. The Bertz CT molecular complexity index is 2810. The second kappa shape index (κ2) is 11.2. The number of aromatic nitrogens is 1. The molecule has 0 N–H and O–H groups in total. The predicted octanol–water partition coefficient (Wildman–Crippen LogP) is 13.4. The van der Waals surface area contributed by atoms with Gasteiger partial charge >= 0.3 is 0 Å². The van der Waals surface area contributed by atoms with E-state index in [4.69, 9.17) is 0 Å². The average Bonchev–Trinajstić information content (AvgIpc) is 3.73. The summed E-state index contributed by atoms with van der Waals surface area (Å²) in [5.41, 5.74) is 9.32. The van der Waals surface area contributed by atoms with E-state index in [0.29, 0.717) is 0 Å². The van der Waals surface area contributed by atoms with Gasteiger partial charge in [0.2, 0.25) is 0 Å². The van der Waals surface area contributed by atoms with E-state index in [-0.39, 0.29) is 0 Å². The predicted molar refractivity (Wildman–Crippen MR) is 211 cm³/mol. The van der Waals surface area contributed by atoms with Crippen LogP contribution in [0.1, 0.15) is 0 Å². The van der Waals surface area contributed by atoms with Crippen molar-refractivity contribution in [1.82, 2.24) is 4.57 Å². The van der Waals surface area contributed by atoms with Crippen LogP contribution in [0.4, 0.5) is 17.1 Å². The highest BCUT2D eigenvalue weighted by Crippen LogP contribution is 2.44. The first-order chi connectivity index (χ1) is 24.3. The maximum Gasteiger partial charge on any atom is 0.0782 e. The molecule has 2 aromatic heterocycles. The molecule has 0 aliphatic carbocycles. The zero-order valence-corrected chi connectivity index (χ0v) is 27.4. The van der Waals surface area contributed by atoms with Gasteiger partial charge < -0.3 is 9.47 Å². The van der Waals surface area contributed by atoms with Crippen LogP contribution in [0.3, 0.4) is 0 Å². The summed E-state index contributed by atoms with van der Waals surface area (Å²) in [5.74, 6) is 0. The molecule has 230 valence electrons. The summed E-state index contributed by atoms with van der Waals surface area (Å²) in [7, 11) is 0. The molecule has 3 heteroatoms. The molecule has 0 atom stereocenters. The molecule has 10 rings (SSSR count). The molecule has 8 aromatic carbocycles. The molecule has 0 bridgehead atoms. The van der Waals surface area contributed by atoms with Gasteiger partial charge in [-0.2, -0.15) is 0 Å². The van der Waals surface area contributed by atoms with Gasteiger partial charge in [0.15, 0.2) is 0 Å². The standard InChI is InChI=1S/C46H30N2S/c1-3-12-34(13-4-1)47(43-20-11-18-39-37-16-7-9-19-42(37)48(45(39)43)35-14-5-2-6-15-35)36-27-24-31(25-28-36)33-23-22-32-26-29-40-38-17-8-10-21-44(38)49-46(40)41(32)30-33/h1-30H. The van der Waals surface area contributed by atoms with Crippen molar-refractivity contribution in [2.75, 3.05) is 4.90 Å². The number of anilines is 3. The van der Waals surface area contributed by atoms with Gasteiger partial charge in [0, 0.05) is 53.4 Å². The molecule has 0 fully saturated rings. The molecule has 2 nitrogen and oxygen atoms in total. The summed E-state index contributed by atoms with van der Waals surface area (Å²) < 4.78 is 5.10. The quantitative estimate of drug-likeness (QED) is 0.181. The van der Waals surface area contributed by atoms with E-state index < -0.39 is 0 Å². The van der Waals surface area contributed by atoms with Gasteiger partial charge in [0.25, 0.3) is 0 Å². The lowest BCUT2D eigenvalue weighted by molar-refractivity contribution is 1.17. The average molecular weight is 643 g/mol. The molecule has 0 saturated heterocycles. The third-order valence-corrected chi connectivity index (χ3v) is 11.0. The molecule has 0 saturated carbocycles. The number of fused-ring (bicyclic) bond motifs is 8. The van der Waals surface area contributed by atoms with Gasteiger partial charge in [-0.3, -0.25) is 0 Å². The van der Waals surface area contributed by atoms with E-state index in [9.17, 15) is 0 Å². The van der Waals surface area contributed by atoms with Gasteiger partial charge in [-0.1, -0.05) is 121 Å². The smallest absolute Gasteiger partial charge is 0.0782 e. The first kappa shape index (κ1) is 27.9. The fraction of sp³-hybridized carbons (Fsp3) is 0. The van der Waals surface area contributed by atoms with E-state index in [1.807, 2.05) is 11.3 Å². The highest BCUT2D eigenvalue weighted by atomic mass is 32.1. The number of para-hydroxylation sites is 4. The van der Waals surface area contributed by atoms with Crippen molar-refractivity contribution in [3.05, 3.63) is 182 Å². The molecule has 2 heterocycles. The minimum absolute atomic E-state index is 1.11. The van der Waals surface area contributed by atoms with Crippen LogP contribution in [0.25, 0.3) is 69.6 Å². The molecule has 0 amide bonds. The molecule has 0 radical (unpaired) electrons. The molecule has 10 aromatic rings. The van der Waals surface area contributed by atoms with Crippen LogP contribution in [0, 0.1) is 0 Å². The maximum absolute atomic E-state index is 2.41. The SMILES string of the molecule is c1ccc(N(c2ccc(-c3ccc4ccc5c6ccccc6sc5c4c3)cc2)c2cccc3c4ccccc4n(-c4ccccc4)c23)cc1. The van der Waals surface area contributed by atoms with Gasteiger partial charge in [-0.25, -0.2) is 0 Å². The van der Waals surface area contributed by atoms with Crippen molar-refractivity contribution in [3.8, 4) is 16.8 Å². The van der Waals surface area contributed by atoms with Gasteiger partial charge in [-0.15, -0.1) is 11.3 Å². The van der Waals surface area contributed by atoms with Crippen LogP contribution in [-0.2, 0) is 0 Å². The lowest BCUT2D eigenvalue weighted by Crippen LogP contribution is -2.11. The van der Waals surface area contributed by atoms with Crippen LogP contribution < -0.4 is 4.90 Å². The number of thiophene rings is 1.